The molecule has 0 saturated carbocycles. The average molecular weight is 419 g/mol. The molecule has 0 heterocycles. The van der Waals surface area contributed by atoms with Crippen molar-refractivity contribution >= 4 is 18.2 Å². The zero-order valence-corrected chi connectivity index (χ0v) is 16.8. The van der Waals surface area contributed by atoms with Gasteiger partial charge in [-0.05, 0) is 59.2 Å². The van der Waals surface area contributed by atoms with Crippen molar-refractivity contribution in [3.05, 3.63) is 94.5 Å². The maximum atomic E-state index is 11.1. The molecule has 31 heavy (non-hydrogen) atoms. The monoisotopic (exact) mass is 419 g/mol. The smallest absolute Gasteiger partial charge is 0.335 e. The Morgan fingerprint density at radius 3 is 2.29 bits per heavy atom. The number of carboxylic acid groups (broad SMARTS) is 2. The van der Waals surface area contributed by atoms with E-state index in [-0.39, 0.29) is 17.7 Å². The van der Waals surface area contributed by atoms with E-state index in [9.17, 15) is 9.59 Å². The molecule has 3 rings (SSSR count). The lowest BCUT2D eigenvalue weighted by Gasteiger charge is -2.11. The Hall–Kier alpha value is -4.13. The van der Waals surface area contributed by atoms with E-state index in [0.717, 1.165) is 16.7 Å². The lowest BCUT2D eigenvalue weighted by molar-refractivity contribution is 0.0686. The lowest BCUT2D eigenvalue weighted by Crippen LogP contribution is -2.01. The molecule has 0 aliphatic rings. The van der Waals surface area contributed by atoms with Crippen molar-refractivity contribution in [2.45, 2.75) is 13.2 Å². The molecule has 0 aliphatic carbocycles. The molecule has 3 aromatic carbocycles. The number of aromatic carboxylic acids is 2. The summed E-state index contributed by atoms with van der Waals surface area (Å²) in [4.78, 5) is 26.4. The van der Waals surface area contributed by atoms with Crippen LogP contribution in [0.4, 0.5) is 0 Å². The largest absolute Gasteiger partial charge is 0.493 e. The maximum absolute atomic E-state index is 11.1. The van der Waals surface area contributed by atoms with Crippen LogP contribution in [0.3, 0.4) is 0 Å². The highest BCUT2D eigenvalue weighted by Gasteiger charge is 2.08. The molecule has 7 nitrogen and oxygen atoms in total. The number of carboxylic acids is 2. The number of benzene rings is 3. The lowest BCUT2D eigenvalue weighted by atomic mass is 10.1. The number of rotatable bonds is 9. The van der Waals surface area contributed by atoms with Crippen LogP contribution in [0.25, 0.3) is 0 Å². The molecule has 2 N–H and O–H groups in total. The second kappa shape index (κ2) is 10.1. The summed E-state index contributed by atoms with van der Waals surface area (Å²) < 4.78 is 11.2. The van der Waals surface area contributed by atoms with E-state index in [1.165, 1.54) is 13.2 Å². The summed E-state index contributed by atoms with van der Waals surface area (Å²) in [5, 5.41) is 18.0. The van der Waals surface area contributed by atoms with Gasteiger partial charge in [0.15, 0.2) is 11.5 Å². The topological polar surface area (TPSA) is 105 Å². The van der Waals surface area contributed by atoms with Crippen molar-refractivity contribution in [3.8, 4) is 11.5 Å². The Bertz CT molecular complexity index is 1110. The van der Waals surface area contributed by atoms with Gasteiger partial charge in [0.25, 0.3) is 0 Å². The first-order valence-electron chi connectivity index (χ1n) is 9.41. The molecule has 0 bridgehead atoms. The fraction of sp³-hybridized carbons (Fsp3) is 0.125. The third-order valence-electron chi connectivity index (χ3n) is 4.47. The Balaban J connectivity index is 1.63. The quantitative estimate of drug-likeness (QED) is 0.501. The molecule has 0 spiro atoms. The van der Waals surface area contributed by atoms with Crippen molar-refractivity contribution in [3.63, 3.8) is 0 Å². The van der Waals surface area contributed by atoms with Crippen LogP contribution in [0.2, 0.25) is 0 Å². The van der Waals surface area contributed by atoms with E-state index < -0.39 is 11.9 Å². The third-order valence-corrected chi connectivity index (χ3v) is 4.47. The van der Waals surface area contributed by atoms with Gasteiger partial charge < -0.3 is 19.7 Å². The molecular weight excluding hydrogens is 398 g/mol. The van der Waals surface area contributed by atoms with Crippen LogP contribution in [0.1, 0.15) is 37.4 Å². The van der Waals surface area contributed by atoms with Crippen LogP contribution < -0.4 is 9.47 Å². The first kappa shape index (κ1) is 21.6. The molecule has 0 amide bonds. The van der Waals surface area contributed by atoms with Crippen LogP contribution >= 0.6 is 0 Å². The van der Waals surface area contributed by atoms with Gasteiger partial charge in [-0.1, -0.05) is 24.3 Å². The predicted molar refractivity (Wildman–Crippen MR) is 115 cm³/mol. The first-order chi connectivity index (χ1) is 15.0. The number of ether oxygens (including phenoxy) is 2. The predicted octanol–water partition coefficient (Wildman–Crippen LogP) is 4.29. The van der Waals surface area contributed by atoms with Crippen molar-refractivity contribution in [1.82, 2.24) is 0 Å². The summed E-state index contributed by atoms with van der Waals surface area (Å²) in [5.74, 6) is -0.881. The molecule has 158 valence electrons. The van der Waals surface area contributed by atoms with E-state index in [0.29, 0.717) is 18.0 Å². The summed E-state index contributed by atoms with van der Waals surface area (Å²) in [6.07, 6.45) is 1.70. The first-order valence-corrected chi connectivity index (χ1v) is 9.41. The standard InChI is InChI=1S/C24H21NO6/c1-30-22-12-17(14-25-13-16-5-8-19(9-6-16)23(26)27)7-10-21(22)31-15-18-3-2-4-20(11-18)24(28)29/h2-12,14H,13,15H2,1H3,(H,26,27)(H,28,29). The second-order valence-corrected chi connectivity index (χ2v) is 6.68. The minimum Gasteiger partial charge on any atom is -0.493 e. The van der Waals surface area contributed by atoms with Crippen molar-refractivity contribution in [2.24, 2.45) is 4.99 Å². The molecule has 0 fully saturated rings. The molecular formula is C24H21NO6. The minimum absolute atomic E-state index is 0.206. The van der Waals surface area contributed by atoms with Gasteiger partial charge in [0.1, 0.15) is 6.61 Å². The molecule has 3 aromatic rings. The summed E-state index contributed by atoms with van der Waals surface area (Å²) in [6.45, 7) is 0.623. The Labute approximate surface area is 179 Å². The highest BCUT2D eigenvalue weighted by molar-refractivity contribution is 5.88. The van der Waals surface area contributed by atoms with E-state index in [1.807, 2.05) is 6.07 Å². The van der Waals surface area contributed by atoms with Crippen LogP contribution in [-0.4, -0.2) is 35.5 Å². The van der Waals surface area contributed by atoms with Crippen molar-refractivity contribution in [2.75, 3.05) is 7.11 Å². The zero-order chi connectivity index (χ0) is 22.2. The number of hydrogen-bond acceptors (Lipinski definition) is 5. The summed E-state index contributed by atoms with van der Waals surface area (Å²) in [6, 6.07) is 18.5. The molecule has 7 heteroatoms. The third kappa shape index (κ3) is 5.93. The van der Waals surface area contributed by atoms with Gasteiger partial charge >= 0.3 is 11.9 Å². The Morgan fingerprint density at radius 2 is 1.61 bits per heavy atom. The van der Waals surface area contributed by atoms with E-state index in [2.05, 4.69) is 4.99 Å². The molecule has 0 unspecified atom stereocenters. The number of methoxy groups -OCH3 is 1. The second-order valence-electron chi connectivity index (χ2n) is 6.68. The Morgan fingerprint density at radius 1 is 0.871 bits per heavy atom. The fourth-order valence-electron chi connectivity index (χ4n) is 2.85. The fourth-order valence-corrected chi connectivity index (χ4v) is 2.85. The summed E-state index contributed by atoms with van der Waals surface area (Å²) in [7, 11) is 1.54. The van der Waals surface area contributed by atoms with E-state index >= 15 is 0 Å². The maximum Gasteiger partial charge on any atom is 0.335 e. The highest BCUT2D eigenvalue weighted by Crippen LogP contribution is 2.28. The van der Waals surface area contributed by atoms with Gasteiger partial charge in [0, 0.05) is 6.21 Å². The van der Waals surface area contributed by atoms with E-state index in [4.69, 9.17) is 19.7 Å². The normalized spacial score (nSPS) is 10.7. The van der Waals surface area contributed by atoms with E-state index in [1.54, 1.807) is 60.8 Å². The molecule has 0 saturated heterocycles. The minimum atomic E-state index is -0.985. The van der Waals surface area contributed by atoms with Crippen LogP contribution in [0, 0.1) is 0 Å². The summed E-state index contributed by atoms with van der Waals surface area (Å²) in [5.41, 5.74) is 2.90. The van der Waals surface area contributed by atoms with Gasteiger partial charge in [0.2, 0.25) is 0 Å². The van der Waals surface area contributed by atoms with Crippen LogP contribution in [-0.2, 0) is 13.2 Å². The average Bonchev–Trinajstić information content (AvgIpc) is 2.78. The van der Waals surface area contributed by atoms with Gasteiger partial charge in [0.05, 0.1) is 24.8 Å². The zero-order valence-electron chi connectivity index (χ0n) is 16.8. The molecule has 0 aromatic heterocycles. The van der Waals surface area contributed by atoms with Gasteiger partial charge in [-0.3, -0.25) is 4.99 Å². The van der Waals surface area contributed by atoms with Gasteiger partial charge in [-0.15, -0.1) is 0 Å². The molecule has 0 radical (unpaired) electrons. The van der Waals surface area contributed by atoms with Crippen LogP contribution in [0.5, 0.6) is 11.5 Å². The van der Waals surface area contributed by atoms with Crippen LogP contribution in [0.15, 0.2) is 71.7 Å². The van der Waals surface area contributed by atoms with Gasteiger partial charge in [-0.25, -0.2) is 9.59 Å². The van der Waals surface area contributed by atoms with Gasteiger partial charge in [-0.2, -0.15) is 0 Å². The molecule has 0 atom stereocenters. The van der Waals surface area contributed by atoms with Crippen molar-refractivity contribution in [1.29, 1.82) is 0 Å². The number of aliphatic imine (C=N–C) groups is 1. The molecule has 0 aliphatic heterocycles. The highest BCUT2D eigenvalue weighted by atomic mass is 16.5. The number of hydrogen-bond donors (Lipinski definition) is 2. The Kier molecular flexibility index (Phi) is 7.01. The number of carbonyl (C=O) groups is 2. The number of nitrogens with zero attached hydrogens (tertiary/aromatic N) is 1. The summed E-state index contributed by atoms with van der Waals surface area (Å²) >= 11 is 0. The SMILES string of the molecule is COc1cc(C=NCc2ccc(C(=O)O)cc2)ccc1OCc1cccc(C(=O)O)c1. The van der Waals surface area contributed by atoms with Crippen molar-refractivity contribution < 1.29 is 29.3 Å².